The van der Waals surface area contributed by atoms with Crippen molar-refractivity contribution in [2.45, 2.75) is 0 Å². The van der Waals surface area contributed by atoms with Gasteiger partial charge in [-0.05, 0) is 95.0 Å². The third-order valence-corrected chi connectivity index (χ3v) is 10.1. The van der Waals surface area contributed by atoms with Gasteiger partial charge in [0.15, 0.2) is 0 Å². The fourth-order valence-electron chi connectivity index (χ4n) is 7.96. The fraction of sp³-hybridized carbons (Fsp3) is 0. The molecule has 0 saturated heterocycles. The molecule has 1 heteroatoms. The topological polar surface area (TPSA) is 13.1 Å². The molecule has 0 spiro atoms. The molecule has 228 valence electrons. The molecule has 49 heavy (non-hydrogen) atoms. The van der Waals surface area contributed by atoms with E-state index in [-0.39, 0.29) is 0 Å². The molecule has 9 aromatic carbocycles. The highest BCUT2D eigenvalue weighted by Gasteiger charge is 2.20. The van der Waals surface area contributed by atoms with Gasteiger partial charge < -0.3 is 4.42 Å². The summed E-state index contributed by atoms with van der Waals surface area (Å²) < 4.78 is 6.37. The average molecular weight is 623 g/mol. The van der Waals surface area contributed by atoms with Gasteiger partial charge in [0.25, 0.3) is 0 Å². The predicted octanol–water partition coefficient (Wildman–Crippen LogP) is 13.7. The second-order valence-corrected chi connectivity index (χ2v) is 12.8. The van der Waals surface area contributed by atoms with Crippen molar-refractivity contribution in [3.8, 4) is 44.5 Å². The summed E-state index contributed by atoms with van der Waals surface area (Å²) in [6, 6.07) is 65.8. The largest absolute Gasteiger partial charge is 0.456 e. The molecule has 1 heterocycles. The SMILES string of the molecule is c1ccc(-c2ccc3c(-c4c5ccccc5c(-c5ccc6c(c5)oc5ccccc56)c5ccccc45)cccc3c2-c2ccccc2)cc1. The van der Waals surface area contributed by atoms with E-state index in [1.807, 2.05) is 12.1 Å². The van der Waals surface area contributed by atoms with Crippen LogP contribution in [0, 0.1) is 0 Å². The van der Waals surface area contributed by atoms with Crippen molar-refractivity contribution in [2.24, 2.45) is 0 Å². The van der Waals surface area contributed by atoms with Gasteiger partial charge in [-0.25, -0.2) is 0 Å². The molecule has 1 nitrogen and oxygen atoms in total. The Hall–Kier alpha value is -6.44. The van der Waals surface area contributed by atoms with Crippen LogP contribution in [0.4, 0.5) is 0 Å². The maximum atomic E-state index is 6.37. The number of benzene rings is 9. The van der Waals surface area contributed by atoms with Crippen molar-refractivity contribution in [3.05, 3.63) is 182 Å². The van der Waals surface area contributed by atoms with Crippen LogP contribution in [0.25, 0.3) is 98.8 Å². The van der Waals surface area contributed by atoms with E-state index in [1.54, 1.807) is 0 Å². The Morgan fingerprint density at radius 1 is 0.245 bits per heavy atom. The second-order valence-electron chi connectivity index (χ2n) is 12.8. The van der Waals surface area contributed by atoms with Crippen molar-refractivity contribution < 1.29 is 4.42 Å². The average Bonchev–Trinajstić information content (AvgIpc) is 3.55. The molecule has 0 amide bonds. The van der Waals surface area contributed by atoms with E-state index in [1.165, 1.54) is 71.3 Å². The minimum absolute atomic E-state index is 0.910. The van der Waals surface area contributed by atoms with Gasteiger partial charge in [-0.1, -0.05) is 164 Å². The van der Waals surface area contributed by atoms with Crippen LogP contribution in [0.5, 0.6) is 0 Å². The van der Waals surface area contributed by atoms with Crippen LogP contribution in [-0.2, 0) is 0 Å². The minimum Gasteiger partial charge on any atom is -0.456 e. The Morgan fingerprint density at radius 2 is 0.755 bits per heavy atom. The summed E-state index contributed by atoms with van der Waals surface area (Å²) in [4.78, 5) is 0. The highest BCUT2D eigenvalue weighted by molar-refractivity contribution is 6.24. The first kappa shape index (κ1) is 27.7. The lowest BCUT2D eigenvalue weighted by molar-refractivity contribution is 0.669. The Morgan fingerprint density at radius 3 is 1.45 bits per heavy atom. The maximum absolute atomic E-state index is 6.37. The molecule has 10 rings (SSSR count). The van der Waals surface area contributed by atoms with E-state index >= 15 is 0 Å². The molecule has 10 aromatic rings. The molecular weight excluding hydrogens is 593 g/mol. The van der Waals surface area contributed by atoms with Gasteiger partial charge in [-0.2, -0.15) is 0 Å². The standard InChI is InChI=1S/C48H30O/c1-3-14-31(15-4-1)34-28-29-35-38(46(34)32-16-5-2-6-17-32)23-13-24-39(35)48-42-21-9-7-19-40(42)47(41-20-8-10-22-43(41)48)33-26-27-37-36-18-11-12-25-44(36)49-45(37)30-33/h1-30H. The van der Waals surface area contributed by atoms with Crippen LogP contribution in [-0.4, -0.2) is 0 Å². The summed E-state index contributed by atoms with van der Waals surface area (Å²) in [5.74, 6) is 0. The molecule has 0 atom stereocenters. The summed E-state index contributed by atoms with van der Waals surface area (Å²) in [6.45, 7) is 0. The van der Waals surface area contributed by atoms with Gasteiger partial charge in [-0.15, -0.1) is 0 Å². The van der Waals surface area contributed by atoms with Crippen molar-refractivity contribution in [1.82, 2.24) is 0 Å². The van der Waals surface area contributed by atoms with E-state index in [2.05, 4.69) is 170 Å². The first-order valence-corrected chi connectivity index (χ1v) is 16.9. The Bertz CT molecular complexity index is 2800. The van der Waals surface area contributed by atoms with Crippen LogP contribution < -0.4 is 0 Å². The van der Waals surface area contributed by atoms with Crippen LogP contribution in [0.2, 0.25) is 0 Å². The van der Waals surface area contributed by atoms with Gasteiger partial charge in [0.1, 0.15) is 11.2 Å². The number of hydrogen-bond donors (Lipinski definition) is 0. The van der Waals surface area contributed by atoms with E-state index in [0.717, 1.165) is 27.5 Å². The van der Waals surface area contributed by atoms with Crippen LogP contribution in [0.15, 0.2) is 186 Å². The highest BCUT2D eigenvalue weighted by atomic mass is 16.3. The van der Waals surface area contributed by atoms with E-state index in [4.69, 9.17) is 4.42 Å². The zero-order chi connectivity index (χ0) is 32.3. The first-order valence-electron chi connectivity index (χ1n) is 16.9. The lowest BCUT2D eigenvalue weighted by Gasteiger charge is -2.20. The number of rotatable bonds is 4. The van der Waals surface area contributed by atoms with Crippen LogP contribution in [0.1, 0.15) is 0 Å². The number of para-hydroxylation sites is 1. The van der Waals surface area contributed by atoms with Crippen molar-refractivity contribution in [2.75, 3.05) is 0 Å². The molecular formula is C48H30O. The van der Waals surface area contributed by atoms with Gasteiger partial charge >= 0.3 is 0 Å². The minimum atomic E-state index is 0.910. The third-order valence-electron chi connectivity index (χ3n) is 10.1. The quantitative estimate of drug-likeness (QED) is 0.178. The monoisotopic (exact) mass is 622 g/mol. The summed E-state index contributed by atoms with van der Waals surface area (Å²) in [6.07, 6.45) is 0. The van der Waals surface area contributed by atoms with Gasteiger partial charge in [0.2, 0.25) is 0 Å². The van der Waals surface area contributed by atoms with E-state index < -0.39 is 0 Å². The lowest BCUT2D eigenvalue weighted by Crippen LogP contribution is -1.93. The summed E-state index contributed by atoms with van der Waals surface area (Å²) in [5, 5.41) is 9.72. The number of fused-ring (bicyclic) bond motifs is 6. The predicted molar refractivity (Wildman–Crippen MR) is 208 cm³/mol. The number of hydrogen-bond acceptors (Lipinski definition) is 1. The fourth-order valence-corrected chi connectivity index (χ4v) is 7.96. The van der Waals surface area contributed by atoms with Gasteiger partial charge in [-0.3, -0.25) is 0 Å². The molecule has 0 aliphatic heterocycles. The molecule has 0 saturated carbocycles. The Labute approximate surface area is 284 Å². The Kier molecular flexibility index (Phi) is 6.25. The van der Waals surface area contributed by atoms with Crippen molar-refractivity contribution >= 4 is 54.3 Å². The lowest BCUT2D eigenvalue weighted by atomic mass is 9.83. The summed E-state index contributed by atoms with van der Waals surface area (Å²) in [7, 11) is 0. The van der Waals surface area contributed by atoms with Crippen molar-refractivity contribution in [1.29, 1.82) is 0 Å². The summed E-state index contributed by atoms with van der Waals surface area (Å²) in [5.41, 5.74) is 11.6. The highest BCUT2D eigenvalue weighted by Crippen LogP contribution is 2.48. The van der Waals surface area contributed by atoms with E-state index in [0.29, 0.717) is 0 Å². The first-order chi connectivity index (χ1) is 24.3. The molecule has 0 aliphatic rings. The molecule has 0 radical (unpaired) electrons. The summed E-state index contributed by atoms with van der Waals surface area (Å²) >= 11 is 0. The second kappa shape index (κ2) is 11.1. The normalized spacial score (nSPS) is 11.7. The van der Waals surface area contributed by atoms with E-state index in [9.17, 15) is 0 Å². The Balaban J connectivity index is 1.28. The zero-order valence-electron chi connectivity index (χ0n) is 26.7. The zero-order valence-corrected chi connectivity index (χ0v) is 26.7. The number of furan rings is 1. The molecule has 1 aromatic heterocycles. The van der Waals surface area contributed by atoms with Gasteiger partial charge in [0, 0.05) is 10.8 Å². The third kappa shape index (κ3) is 4.33. The van der Waals surface area contributed by atoms with Gasteiger partial charge in [0.05, 0.1) is 0 Å². The molecule has 0 N–H and O–H groups in total. The molecule has 0 bridgehead atoms. The van der Waals surface area contributed by atoms with Crippen LogP contribution in [0.3, 0.4) is 0 Å². The maximum Gasteiger partial charge on any atom is 0.136 e. The molecule has 0 fully saturated rings. The molecule has 0 aliphatic carbocycles. The van der Waals surface area contributed by atoms with Crippen LogP contribution >= 0.6 is 0 Å². The van der Waals surface area contributed by atoms with Crippen molar-refractivity contribution in [3.63, 3.8) is 0 Å². The smallest absolute Gasteiger partial charge is 0.136 e. The molecule has 0 unspecified atom stereocenters.